The van der Waals surface area contributed by atoms with Crippen molar-refractivity contribution in [2.45, 2.75) is 45.3 Å². The molecule has 2 aliphatic heterocycles. The summed E-state index contributed by atoms with van der Waals surface area (Å²) in [5.41, 5.74) is 0.779. The zero-order valence-corrected chi connectivity index (χ0v) is 11.1. The number of carbonyl (C=O) groups is 2. The lowest BCUT2D eigenvalue weighted by molar-refractivity contribution is -0.159. The highest BCUT2D eigenvalue weighted by Crippen LogP contribution is 2.27. The summed E-state index contributed by atoms with van der Waals surface area (Å²) >= 11 is 0. The maximum absolute atomic E-state index is 12.4. The normalized spacial score (nSPS) is 27.1. The Morgan fingerprint density at radius 3 is 2.89 bits per heavy atom. The minimum Gasteiger partial charge on any atom is -0.359 e. The number of piperazine rings is 1. The van der Waals surface area contributed by atoms with E-state index in [1.807, 2.05) is 6.92 Å². The molecule has 6 nitrogen and oxygen atoms in total. The van der Waals surface area contributed by atoms with Gasteiger partial charge in [0.2, 0.25) is 11.8 Å². The third kappa shape index (κ3) is 1.91. The van der Waals surface area contributed by atoms with Crippen LogP contribution in [0.25, 0.3) is 0 Å². The molecule has 0 N–H and O–H groups in total. The van der Waals surface area contributed by atoms with Crippen molar-refractivity contribution in [1.29, 1.82) is 0 Å². The fourth-order valence-electron chi connectivity index (χ4n) is 2.92. The van der Waals surface area contributed by atoms with Crippen molar-refractivity contribution in [3.05, 3.63) is 17.5 Å². The molecule has 2 atom stereocenters. The maximum atomic E-state index is 12.4. The van der Waals surface area contributed by atoms with Crippen molar-refractivity contribution in [1.82, 2.24) is 15.0 Å². The second kappa shape index (κ2) is 4.36. The Kier molecular flexibility index (Phi) is 2.80. The van der Waals surface area contributed by atoms with Gasteiger partial charge in [0, 0.05) is 12.6 Å². The van der Waals surface area contributed by atoms with Gasteiger partial charge in [-0.05, 0) is 26.7 Å². The van der Waals surface area contributed by atoms with Crippen molar-refractivity contribution in [3.63, 3.8) is 0 Å². The van der Waals surface area contributed by atoms with Crippen LogP contribution in [0.4, 0.5) is 0 Å². The average molecular weight is 263 g/mol. The molecule has 0 aliphatic carbocycles. The average Bonchev–Trinajstić information content (AvgIpc) is 3.01. The van der Waals surface area contributed by atoms with Crippen molar-refractivity contribution in [2.24, 2.45) is 0 Å². The van der Waals surface area contributed by atoms with Crippen LogP contribution in [0.5, 0.6) is 0 Å². The highest BCUT2D eigenvalue weighted by Gasteiger charge is 2.46. The van der Waals surface area contributed by atoms with Crippen LogP contribution in [-0.4, -0.2) is 45.4 Å². The molecule has 6 heteroatoms. The number of fused-ring (bicyclic) bond motifs is 1. The Morgan fingerprint density at radius 1 is 1.42 bits per heavy atom. The standard InChI is InChI=1S/C13H17N3O3/c1-8-6-10(19-14-8)7-16-9(2)12(17)15-5-3-4-11(15)13(16)18/h6,9,11H,3-5,7H2,1-2H3. The molecule has 3 heterocycles. The molecule has 0 saturated carbocycles. The van der Waals surface area contributed by atoms with Crippen molar-refractivity contribution in [2.75, 3.05) is 6.54 Å². The van der Waals surface area contributed by atoms with Gasteiger partial charge in [0.15, 0.2) is 5.76 Å². The first kappa shape index (κ1) is 12.2. The molecule has 0 aromatic carbocycles. The van der Waals surface area contributed by atoms with E-state index >= 15 is 0 Å². The van der Waals surface area contributed by atoms with Crippen molar-refractivity contribution < 1.29 is 14.1 Å². The van der Waals surface area contributed by atoms with E-state index in [0.29, 0.717) is 18.8 Å². The smallest absolute Gasteiger partial charge is 0.246 e. The molecule has 2 unspecified atom stereocenters. The fourth-order valence-corrected chi connectivity index (χ4v) is 2.92. The zero-order chi connectivity index (χ0) is 13.6. The van der Waals surface area contributed by atoms with Crippen LogP contribution in [-0.2, 0) is 16.1 Å². The minimum atomic E-state index is -0.424. The summed E-state index contributed by atoms with van der Waals surface area (Å²) in [6, 6.07) is 1.10. The van der Waals surface area contributed by atoms with Crippen LogP contribution < -0.4 is 0 Å². The van der Waals surface area contributed by atoms with Gasteiger partial charge in [-0.2, -0.15) is 0 Å². The van der Waals surface area contributed by atoms with Crippen LogP contribution in [0, 0.1) is 6.92 Å². The van der Waals surface area contributed by atoms with E-state index in [0.717, 1.165) is 18.5 Å². The van der Waals surface area contributed by atoms with E-state index in [4.69, 9.17) is 4.52 Å². The third-order valence-corrected chi connectivity index (χ3v) is 3.93. The molecule has 19 heavy (non-hydrogen) atoms. The van der Waals surface area contributed by atoms with Gasteiger partial charge in [-0.3, -0.25) is 9.59 Å². The monoisotopic (exact) mass is 263 g/mol. The summed E-state index contributed by atoms with van der Waals surface area (Å²) < 4.78 is 5.14. The van der Waals surface area contributed by atoms with Crippen molar-refractivity contribution >= 4 is 11.8 Å². The lowest BCUT2D eigenvalue weighted by Crippen LogP contribution is -2.61. The van der Waals surface area contributed by atoms with E-state index in [9.17, 15) is 9.59 Å². The molecule has 1 aromatic rings. The van der Waals surface area contributed by atoms with Crippen LogP contribution in [0.15, 0.2) is 10.6 Å². The minimum absolute atomic E-state index is 0.0265. The number of carbonyl (C=O) groups excluding carboxylic acids is 2. The number of aromatic nitrogens is 1. The summed E-state index contributed by atoms with van der Waals surface area (Å²) in [4.78, 5) is 28.0. The molecule has 2 fully saturated rings. The third-order valence-electron chi connectivity index (χ3n) is 3.93. The van der Waals surface area contributed by atoms with Crippen molar-refractivity contribution in [3.8, 4) is 0 Å². The molecule has 0 spiro atoms. The first-order valence-corrected chi connectivity index (χ1v) is 6.61. The van der Waals surface area contributed by atoms with Gasteiger partial charge >= 0.3 is 0 Å². The highest BCUT2D eigenvalue weighted by molar-refractivity contribution is 5.97. The Bertz CT molecular complexity index is 525. The van der Waals surface area contributed by atoms with Gasteiger partial charge in [-0.15, -0.1) is 0 Å². The summed E-state index contributed by atoms with van der Waals surface area (Å²) in [5, 5.41) is 3.81. The molecule has 3 rings (SSSR count). The summed E-state index contributed by atoms with van der Waals surface area (Å²) in [6.07, 6.45) is 1.67. The fraction of sp³-hybridized carbons (Fsp3) is 0.615. The molecule has 2 saturated heterocycles. The van der Waals surface area contributed by atoms with Gasteiger partial charge < -0.3 is 14.3 Å². The number of nitrogens with zero attached hydrogens (tertiary/aromatic N) is 3. The molecular weight excluding hydrogens is 246 g/mol. The van der Waals surface area contributed by atoms with Gasteiger partial charge in [0.25, 0.3) is 0 Å². The number of hydrogen-bond donors (Lipinski definition) is 0. The predicted molar refractivity (Wildman–Crippen MR) is 66.0 cm³/mol. The Morgan fingerprint density at radius 2 is 2.21 bits per heavy atom. The summed E-state index contributed by atoms with van der Waals surface area (Å²) in [5.74, 6) is 0.689. The molecule has 102 valence electrons. The van der Waals surface area contributed by atoms with Gasteiger partial charge in [0.05, 0.1) is 12.2 Å². The maximum Gasteiger partial charge on any atom is 0.246 e. The Hall–Kier alpha value is -1.85. The predicted octanol–water partition coefficient (Wildman–Crippen LogP) is 0.705. The molecule has 2 amide bonds. The summed E-state index contributed by atoms with van der Waals surface area (Å²) in [6.45, 7) is 4.63. The summed E-state index contributed by atoms with van der Waals surface area (Å²) in [7, 11) is 0. The topological polar surface area (TPSA) is 66.7 Å². The first-order valence-electron chi connectivity index (χ1n) is 6.61. The first-order chi connectivity index (χ1) is 9.08. The molecule has 0 bridgehead atoms. The zero-order valence-electron chi connectivity index (χ0n) is 11.1. The lowest BCUT2D eigenvalue weighted by atomic mass is 10.1. The van der Waals surface area contributed by atoms with Crippen LogP contribution >= 0.6 is 0 Å². The van der Waals surface area contributed by atoms with E-state index in [1.165, 1.54) is 0 Å². The SMILES string of the molecule is Cc1cc(CN2C(=O)C3CCCN3C(=O)C2C)on1. The lowest BCUT2D eigenvalue weighted by Gasteiger charge is -2.40. The quantitative estimate of drug-likeness (QED) is 0.788. The van der Waals surface area contributed by atoms with Crippen LogP contribution in [0.3, 0.4) is 0 Å². The number of rotatable bonds is 2. The number of hydrogen-bond acceptors (Lipinski definition) is 4. The van der Waals surface area contributed by atoms with E-state index in [1.54, 1.807) is 22.8 Å². The Labute approximate surface area is 111 Å². The van der Waals surface area contributed by atoms with Crippen LogP contribution in [0.2, 0.25) is 0 Å². The van der Waals surface area contributed by atoms with E-state index < -0.39 is 6.04 Å². The Balaban J connectivity index is 1.83. The highest BCUT2D eigenvalue weighted by atomic mass is 16.5. The molecule has 2 aliphatic rings. The van der Waals surface area contributed by atoms with E-state index in [-0.39, 0.29) is 17.9 Å². The number of amides is 2. The van der Waals surface area contributed by atoms with E-state index in [2.05, 4.69) is 5.16 Å². The van der Waals surface area contributed by atoms with Gasteiger partial charge in [-0.1, -0.05) is 5.16 Å². The van der Waals surface area contributed by atoms with Gasteiger partial charge in [-0.25, -0.2) is 0 Å². The van der Waals surface area contributed by atoms with Gasteiger partial charge in [0.1, 0.15) is 12.1 Å². The second-order valence-electron chi connectivity index (χ2n) is 5.27. The second-order valence-corrected chi connectivity index (χ2v) is 5.27. The number of aryl methyl sites for hydroxylation is 1. The molecular formula is C13H17N3O3. The molecule has 1 aromatic heterocycles. The molecule has 0 radical (unpaired) electrons. The van der Waals surface area contributed by atoms with Crippen LogP contribution in [0.1, 0.15) is 31.2 Å². The largest absolute Gasteiger partial charge is 0.359 e.